The Morgan fingerprint density at radius 2 is 2.22 bits per heavy atom. The molecule has 2 N–H and O–H groups in total. The maximum absolute atomic E-state index is 10.9. The minimum atomic E-state index is -1.03. The molecule has 2 unspecified atom stereocenters. The molecule has 2 heterocycles. The second-order valence-electron chi connectivity index (χ2n) is 4.40. The van der Waals surface area contributed by atoms with E-state index < -0.39 is 5.97 Å². The van der Waals surface area contributed by atoms with E-state index in [4.69, 9.17) is 16.7 Å². The molecule has 6 heteroatoms. The van der Waals surface area contributed by atoms with Gasteiger partial charge in [-0.3, -0.25) is 5.43 Å². The fraction of sp³-hybridized carbons (Fsp3) is 0.333. The Balaban J connectivity index is 1.87. The Hall–Kier alpha value is -1.59. The van der Waals surface area contributed by atoms with E-state index in [1.165, 1.54) is 0 Å². The number of nitrogens with one attached hydrogen (secondary N) is 1. The maximum atomic E-state index is 10.9. The van der Waals surface area contributed by atoms with Gasteiger partial charge in [-0.15, -0.1) is 0 Å². The summed E-state index contributed by atoms with van der Waals surface area (Å²) in [7, 11) is 0. The number of hydrazine groups is 1. The second-order valence-corrected chi connectivity index (χ2v) is 4.80. The number of halogens is 1. The van der Waals surface area contributed by atoms with E-state index in [1.54, 1.807) is 0 Å². The number of carboxylic acid groups (broad SMARTS) is 1. The predicted octanol–water partition coefficient (Wildman–Crippen LogP) is 1.80. The third-order valence-corrected chi connectivity index (χ3v) is 3.68. The number of hydrogen-bond acceptors (Lipinski definition) is 4. The molecule has 0 bridgehead atoms. The topological polar surface area (TPSA) is 64.9 Å². The van der Waals surface area contributed by atoms with Crippen LogP contribution in [0.4, 0.5) is 0 Å². The van der Waals surface area contributed by atoms with Crippen molar-refractivity contribution in [2.75, 3.05) is 0 Å². The molecule has 0 saturated carbocycles. The normalized spacial score (nSPS) is 26.6. The van der Waals surface area contributed by atoms with E-state index in [0.29, 0.717) is 5.02 Å². The highest BCUT2D eigenvalue weighted by Gasteiger charge is 2.41. The molecule has 18 heavy (non-hydrogen) atoms. The summed E-state index contributed by atoms with van der Waals surface area (Å²) in [5.41, 5.74) is 3.86. The monoisotopic (exact) mass is 265 g/mol. The van der Waals surface area contributed by atoms with Crippen molar-refractivity contribution in [1.29, 1.82) is 0 Å². The molecule has 1 aromatic carbocycles. The van der Waals surface area contributed by atoms with Crippen LogP contribution in [0.5, 0.6) is 0 Å². The molecular formula is C12H12ClN3O2. The van der Waals surface area contributed by atoms with Gasteiger partial charge in [-0.2, -0.15) is 5.01 Å². The standard InChI is InChI=1S/C12H12ClN3O2/c13-8-4-2-1-3-7(8)9-5-6-10-14-11(12(17)18)15-16(9)10/h1-4,9-10H,5-6H2,(H,14,15)(H,17,18). The highest BCUT2D eigenvalue weighted by molar-refractivity contribution is 6.34. The van der Waals surface area contributed by atoms with Gasteiger partial charge in [0.2, 0.25) is 5.84 Å². The summed E-state index contributed by atoms with van der Waals surface area (Å²) in [5, 5.41) is 11.5. The van der Waals surface area contributed by atoms with Crippen LogP contribution in [-0.4, -0.2) is 28.1 Å². The van der Waals surface area contributed by atoms with E-state index >= 15 is 0 Å². The zero-order valence-electron chi connectivity index (χ0n) is 9.51. The SMILES string of the molecule is O=C(O)C1=NC2CCC(c3ccccc3Cl)N2N1. The number of fused-ring (bicyclic) bond motifs is 1. The largest absolute Gasteiger partial charge is 0.475 e. The van der Waals surface area contributed by atoms with Crippen molar-refractivity contribution in [2.24, 2.45) is 4.99 Å². The van der Waals surface area contributed by atoms with Crippen LogP contribution in [0.3, 0.4) is 0 Å². The molecule has 1 saturated heterocycles. The average molecular weight is 266 g/mol. The van der Waals surface area contributed by atoms with Crippen LogP contribution in [0.2, 0.25) is 5.02 Å². The van der Waals surface area contributed by atoms with Gasteiger partial charge in [-0.25, -0.2) is 9.79 Å². The van der Waals surface area contributed by atoms with Crippen molar-refractivity contribution in [3.8, 4) is 0 Å². The number of carbonyl (C=O) groups is 1. The summed E-state index contributed by atoms with van der Waals surface area (Å²) >= 11 is 6.19. The number of benzene rings is 1. The smallest absolute Gasteiger partial charge is 0.372 e. The first-order chi connectivity index (χ1) is 8.66. The third-order valence-electron chi connectivity index (χ3n) is 3.34. The number of rotatable bonds is 2. The average Bonchev–Trinajstić information content (AvgIpc) is 2.89. The zero-order valence-corrected chi connectivity index (χ0v) is 10.3. The molecule has 5 nitrogen and oxygen atoms in total. The lowest BCUT2D eigenvalue weighted by atomic mass is 10.1. The van der Waals surface area contributed by atoms with Crippen LogP contribution in [0.25, 0.3) is 0 Å². The molecule has 0 aromatic heterocycles. The number of hydrogen-bond donors (Lipinski definition) is 2. The van der Waals surface area contributed by atoms with Crippen LogP contribution in [0.15, 0.2) is 29.3 Å². The van der Waals surface area contributed by atoms with E-state index in [1.807, 2.05) is 29.3 Å². The molecule has 1 aromatic rings. The summed E-state index contributed by atoms with van der Waals surface area (Å²) in [6, 6.07) is 7.71. The Kier molecular flexibility index (Phi) is 2.72. The van der Waals surface area contributed by atoms with Crippen molar-refractivity contribution in [3.63, 3.8) is 0 Å². The van der Waals surface area contributed by atoms with Crippen LogP contribution in [0, 0.1) is 0 Å². The maximum Gasteiger partial charge on any atom is 0.372 e. The van der Waals surface area contributed by atoms with Crippen LogP contribution in [0.1, 0.15) is 24.4 Å². The van der Waals surface area contributed by atoms with E-state index in [-0.39, 0.29) is 18.0 Å². The van der Waals surface area contributed by atoms with Gasteiger partial charge in [0, 0.05) is 5.02 Å². The number of amidine groups is 1. The highest BCUT2D eigenvalue weighted by atomic mass is 35.5. The molecule has 0 amide bonds. The second kappa shape index (κ2) is 4.26. The molecule has 2 atom stereocenters. The van der Waals surface area contributed by atoms with E-state index in [9.17, 15) is 4.79 Å². The molecule has 0 aliphatic carbocycles. The lowest BCUT2D eigenvalue weighted by molar-refractivity contribution is -0.129. The molecule has 0 spiro atoms. The van der Waals surface area contributed by atoms with Gasteiger partial charge in [0.05, 0.1) is 6.04 Å². The summed E-state index contributed by atoms with van der Waals surface area (Å²) in [5.74, 6) is -1.01. The Morgan fingerprint density at radius 3 is 2.94 bits per heavy atom. The molecule has 2 aliphatic rings. The van der Waals surface area contributed by atoms with Crippen LogP contribution >= 0.6 is 11.6 Å². The van der Waals surface area contributed by atoms with Crippen molar-refractivity contribution < 1.29 is 9.90 Å². The number of nitrogens with zero attached hydrogens (tertiary/aromatic N) is 2. The first-order valence-corrected chi connectivity index (χ1v) is 6.15. The van der Waals surface area contributed by atoms with Gasteiger partial charge in [0.25, 0.3) is 0 Å². The van der Waals surface area contributed by atoms with Crippen LogP contribution in [-0.2, 0) is 4.79 Å². The highest BCUT2D eigenvalue weighted by Crippen LogP contribution is 2.39. The van der Waals surface area contributed by atoms with Crippen molar-refractivity contribution >= 4 is 23.4 Å². The van der Waals surface area contributed by atoms with E-state index in [2.05, 4.69) is 10.4 Å². The van der Waals surface area contributed by atoms with Gasteiger partial charge in [-0.05, 0) is 24.5 Å². The molecule has 1 fully saturated rings. The Morgan fingerprint density at radius 1 is 1.44 bits per heavy atom. The summed E-state index contributed by atoms with van der Waals surface area (Å²) in [6.07, 6.45) is 1.65. The summed E-state index contributed by atoms with van der Waals surface area (Å²) in [4.78, 5) is 15.0. The molecule has 94 valence electrons. The molecule has 3 rings (SSSR count). The van der Waals surface area contributed by atoms with Gasteiger partial charge in [0.15, 0.2) is 0 Å². The quantitative estimate of drug-likeness (QED) is 0.856. The van der Waals surface area contributed by atoms with Crippen LogP contribution < -0.4 is 5.43 Å². The van der Waals surface area contributed by atoms with Crippen molar-refractivity contribution in [3.05, 3.63) is 34.9 Å². The molecule has 2 aliphatic heterocycles. The third kappa shape index (κ3) is 1.76. The fourth-order valence-electron chi connectivity index (χ4n) is 2.53. The van der Waals surface area contributed by atoms with Gasteiger partial charge in [0.1, 0.15) is 6.17 Å². The molecule has 0 radical (unpaired) electrons. The Labute approximate surface area is 109 Å². The lowest BCUT2D eigenvalue weighted by Crippen LogP contribution is -2.41. The lowest BCUT2D eigenvalue weighted by Gasteiger charge is -2.24. The number of aliphatic imine (C=N–C) groups is 1. The van der Waals surface area contributed by atoms with Gasteiger partial charge < -0.3 is 5.11 Å². The van der Waals surface area contributed by atoms with Gasteiger partial charge >= 0.3 is 5.97 Å². The Bertz CT molecular complexity index is 532. The predicted molar refractivity (Wildman–Crippen MR) is 67.3 cm³/mol. The van der Waals surface area contributed by atoms with Gasteiger partial charge in [-0.1, -0.05) is 29.8 Å². The van der Waals surface area contributed by atoms with Crippen molar-refractivity contribution in [2.45, 2.75) is 25.0 Å². The van der Waals surface area contributed by atoms with E-state index in [0.717, 1.165) is 18.4 Å². The minimum Gasteiger partial charge on any atom is -0.475 e. The summed E-state index contributed by atoms with van der Waals surface area (Å²) in [6.45, 7) is 0. The molecular weight excluding hydrogens is 254 g/mol. The number of carboxylic acids is 1. The summed E-state index contributed by atoms with van der Waals surface area (Å²) < 4.78 is 0. The van der Waals surface area contributed by atoms with Crippen molar-refractivity contribution in [1.82, 2.24) is 10.4 Å². The fourth-order valence-corrected chi connectivity index (χ4v) is 2.79. The zero-order chi connectivity index (χ0) is 12.7. The minimum absolute atomic E-state index is 0.0109. The first-order valence-electron chi connectivity index (χ1n) is 5.77. The first kappa shape index (κ1) is 11.5. The number of aliphatic carboxylic acids is 1.